The van der Waals surface area contributed by atoms with E-state index in [1.807, 2.05) is 0 Å². The maximum Gasteiger partial charge on any atom is 0.334 e. The highest BCUT2D eigenvalue weighted by Gasteiger charge is 2.18. The van der Waals surface area contributed by atoms with Crippen molar-refractivity contribution in [1.29, 1.82) is 0 Å². The number of nitrogens with one attached hydrogen (secondary N) is 1. The van der Waals surface area contributed by atoms with Gasteiger partial charge in [-0.15, -0.1) is 0 Å². The van der Waals surface area contributed by atoms with Gasteiger partial charge in [0.25, 0.3) is 11.6 Å². The summed E-state index contributed by atoms with van der Waals surface area (Å²) in [5.41, 5.74) is -0.136. The van der Waals surface area contributed by atoms with Crippen molar-refractivity contribution >= 4 is 17.6 Å². The number of ether oxygens (including phenoxy) is 1. The minimum atomic E-state index is -1.21. The fourth-order valence-electron chi connectivity index (χ4n) is 1.32. The number of aliphatic carboxylic acids is 1. The van der Waals surface area contributed by atoms with Gasteiger partial charge in [-0.3, -0.25) is 14.9 Å². The summed E-state index contributed by atoms with van der Waals surface area (Å²) in [6.45, 7) is -0.229. The summed E-state index contributed by atoms with van der Waals surface area (Å²) < 4.78 is 4.64. The van der Waals surface area contributed by atoms with E-state index < -0.39 is 22.9 Å². The smallest absolute Gasteiger partial charge is 0.334 e. The number of nitro benzene ring substituents is 1. The van der Waals surface area contributed by atoms with Crippen molar-refractivity contribution in [2.75, 3.05) is 13.7 Å². The molecule has 19 heavy (non-hydrogen) atoms. The van der Waals surface area contributed by atoms with E-state index in [0.29, 0.717) is 0 Å². The molecule has 8 nitrogen and oxygen atoms in total. The standard InChI is InChI=1S/C11H12N2O6/c1-19-9(11(15)16)6-12-10(14)7-3-2-4-8(5-7)13(17)18/h2-5,9H,6H2,1H3,(H,12,14)(H,15,16). The lowest BCUT2D eigenvalue weighted by atomic mass is 10.2. The van der Waals surface area contributed by atoms with Gasteiger partial charge in [0, 0.05) is 24.8 Å². The number of methoxy groups -OCH3 is 1. The van der Waals surface area contributed by atoms with Crippen LogP contribution < -0.4 is 5.32 Å². The third-order valence-electron chi connectivity index (χ3n) is 2.33. The number of carboxylic acids is 1. The molecule has 102 valence electrons. The van der Waals surface area contributed by atoms with Crippen molar-refractivity contribution in [3.8, 4) is 0 Å². The van der Waals surface area contributed by atoms with Crippen molar-refractivity contribution in [3.05, 3.63) is 39.9 Å². The molecule has 0 saturated heterocycles. The summed E-state index contributed by atoms with van der Waals surface area (Å²) in [4.78, 5) is 32.3. The van der Waals surface area contributed by atoms with Gasteiger partial charge in [-0.05, 0) is 6.07 Å². The summed E-state index contributed by atoms with van der Waals surface area (Å²) in [5.74, 6) is -1.81. The molecule has 0 fully saturated rings. The molecule has 1 aromatic carbocycles. The molecule has 2 N–H and O–H groups in total. The maximum atomic E-state index is 11.7. The van der Waals surface area contributed by atoms with Crippen LogP contribution >= 0.6 is 0 Å². The Hall–Kier alpha value is -2.48. The number of non-ortho nitro benzene ring substituents is 1. The zero-order valence-electron chi connectivity index (χ0n) is 10.0. The highest BCUT2D eigenvalue weighted by Crippen LogP contribution is 2.12. The summed E-state index contributed by atoms with van der Waals surface area (Å²) >= 11 is 0. The fraction of sp³-hybridized carbons (Fsp3) is 0.273. The highest BCUT2D eigenvalue weighted by atomic mass is 16.6. The van der Waals surface area contributed by atoms with Crippen LogP contribution in [0, 0.1) is 10.1 Å². The van der Waals surface area contributed by atoms with Crippen LogP contribution in [-0.2, 0) is 9.53 Å². The summed E-state index contributed by atoms with van der Waals surface area (Å²) in [6.07, 6.45) is -1.16. The number of carbonyl (C=O) groups is 2. The first kappa shape index (κ1) is 14.6. The van der Waals surface area contributed by atoms with E-state index in [-0.39, 0.29) is 17.8 Å². The molecule has 0 aliphatic rings. The summed E-state index contributed by atoms with van der Waals surface area (Å²) in [6, 6.07) is 5.13. The molecule has 0 heterocycles. The Morgan fingerprint density at radius 2 is 2.21 bits per heavy atom. The van der Waals surface area contributed by atoms with Crippen LogP contribution in [0.3, 0.4) is 0 Å². The Morgan fingerprint density at radius 3 is 2.74 bits per heavy atom. The second kappa shape index (κ2) is 6.45. The molecule has 1 aromatic rings. The molecule has 1 rings (SSSR count). The molecule has 0 aliphatic heterocycles. The number of rotatable bonds is 6. The molecular weight excluding hydrogens is 256 g/mol. The van der Waals surface area contributed by atoms with Crippen molar-refractivity contribution in [2.45, 2.75) is 6.10 Å². The quantitative estimate of drug-likeness (QED) is 0.570. The minimum absolute atomic E-state index is 0.0782. The van der Waals surface area contributed by atoms with Crippen LogP contribution in [0.2, 0.25) is 0 Å². The fourth-order valence-corrected chi connectivity index (χ4v) is 1.32. The average Bonchev–Trinajstić information content (AvgIpc) is 2.38. The molecule has 0 aromatic heterocycles. The molecule has 8 heteroatoms. The first-order chi connectivity index (χ1) is 8.95. The largest absolute Gasteiger partial charge is 0.479 e. The van der Waals surface area contributed by atoms with Crippen molar-refractivity contribution in [1.82, 2.24) is 5.32 Å². The molecule has 0 saturated carbocycles. The minimum Gasteiger partial charge on any atom is -0.479 e. The van der Waals surface area contributed by atoms with Crippen LogP contribution in [0.1, 0.15) is 10.4 Å². The van der Waals surface area contributed by atoms with E-state index in [9.17, 15) is 19.7 Å². The zero-order chi connectivity index (χ0) is 14.4. The number of nitro groups is 1. The average molecular weight is 268 g/mol. The van der Waals surface area contributed by atoms with Gasteiger partial charge >= 0.3 is 5.97 Å². The van der Waals surface area contributed by atoms with Gasteiger partial charge in [0.2, 0.25) is 0 Å². The van der Waals surface area contributed by atoms with Gasteiger partial charge in [-0.25, -0.2) is 4.79 Å². The number of carbonyl (C=O) groups excluding carboxylic acids is 1. The number of amides is 1. The summed E-state index contributed by atoms with van der Waals surface area (Å²) in [7, 11) is 1.21. The maximum absolute atomic E-state index is 11.7. The lowest BCUT2D eigenvalue weighted by Crippen LogP contribution is -2.37. The van der Waals surface area contributed by atoms with Gasteiger partial charge in [-0.1, -0.05) is 6.07 Å². The molecule has 0 radical (unpaired) electrons. The van der Waals surface area contributed by atoms with Crippen LogP contribution in [0.15, 0.2) is 24.3 Å². The van der Waals surface area contributed by atoms with Gasteiger partial charge < -0.3 is 15.2 Å². The topological polar surface area (TPSA) is 119 Å². The van der Waals surface area contributed by atoms with Crippen molar-refractivity contribution in [2.24, 2.45) is 0 Å². The first-order valence-corrected chi connectivity index (χ1v) is 5.24. The van der Waals surface area contributed by atoms with Crippen LogP contribution in [0.4, 0.5) is 5.69 Å². The Morgan fingerprint density at radius 1 is 1.53 bits per heavy atom. The Labute approximate surface area is 108 Å². The number of hydrogen-bond donors (Lipinski definition) is 2. The van der Waals surface area contributed by atoms with Gasteiger partial charge in [0.05, 0.1) is 11.5 Å². The van der Waals surface area contributed by atoms with E-state index >= 15 is 0 Å². The Balaban J connectivity index is 2.70. The van der Waals surface area contributed by atoms with Crippen LogP contribution in [0.25, 0.3) is 0 Å². The molecule has 0 bridgehead atoms. The van der Waals surface area contributed by atoms with E-state index in [0.717, 1.165) is 6.07 Å². The SMILES string of the molecule is COC(CNC(=O)c1cccc([N+](=O)[O-])c1)C(=O)O. The van der Waals surface area contributed by atoms with E-state index in [1.54, 1.807) is 0 Å². The monoisotopic (exact) mass is 268 g/mol. The Kier molecular flexibility index (Phi) is 4.95. The predicted octanol–water partition coefficient (Wildman–Crippen LogP) is 0.424. The number of carboxylic acid groups (broad SMARTS) is 1. The predicted molar refractivity (Wildman–Crippen MR) is 63.9 cm³/mol. The molecule has 1 unspecified atom stereocenters. The molecular formula is C11H12N2O6. The van der Waals surface area contributed by atoms with Crippen LogP contribution in [-0.4, -0.2) is 41.7 Å². The van der Waals surface area contributed by atoms with Gasteiger partial charge in [-0.2, -0.15) is 0 Å². The van der Waals surface area contributed by atoms with Gasteiger partial charge in [0.1, 0.15) is 0 Å². The molecule has 0 aliphatic carbocycles. The number of hydrogen-bond acceptors (Lipinski definition) is 5. The van der Waals surface area contributed by atoms with Crippen molar-refractivity contribution in [3.63, 3.8) is 0 Å². The molecule has 1 atom stereocenters. The summed E-state index contributed by atoms with van der Waals surface area (Å²) in [5, 5.41) is 21.6. The number of nitrogens with zero attached hydrogens (tertiary/aromatic N) is 1. The third-order valence-corrected chi connectivity index (χ3v) is 2.33. The molecule has 1 amide bonds. The first-order valence-electron chi connectivity index (χ1n) is 5.24. The van der Waals surface area contributed by atoms with Crippen molar-refractivity contribution < 1.29 is 24.4 Å². The Bertz CT molecular complexity index is 502. The second-order valence-corrected chi connectivity index (χ2v) is 3.58. The molecule has 0 spiro atoms. The second-order valence-electron chi connectivity index (χ2n) is 3.58. The lowest BCUT2D eigenvalue weighted by molar-refractivity contribution is -0.384. The van der Waals surface area contributed by atoms with E-state index in [4.69, 9.17) is 5.11 Å². The lowest BCUT2D eigenvalue weighted by Gasteiger charge is -2.11. The van der Waals surface area contributed by atoms with Gasteiger partial charge in [0.15, 0.2) is 6.10 Å². The van der Waals surface area contributed by atoms with E-state index in [2.05, 4.69) is 10.1 Å². The third kappa shape index (κ3) is 4.03. The zero-order valence-corrected chi connectivity index (χ0v) is 10.0. The van der Waals surface area contributed by atoms with Crippen LogP contribution in [0.5, 0.6) is 0 Å². The number of benzene rings is 1. The van der Waals surface area contributed by atoms with E-state index in [1.165, 1.54) is 25.3 Å². The highest BCUT2D eigenvalue weighted by molar-refractivity contribution is 5.95. The normalized spacial score (nSPS) is 11.6.